The fraction of sp³-hybridized carbons (Fsp3) is 0.833. The number of hydrogen-bond acceptors (Lipinski definition) is 2. The van der Waals surface area contributed by atoms with Gasteiger partial charge in [0.1, 0.15) is 0 Å². The molecule has 0 N–H and O–H groups in total. The molecule has 1 aliphatic carbocycles. The van der Waals surface area contributed by atoms with Crippen LogP contribution in [0.15, 0.2) is 17.3 Å². The first kappa shape index (κ1) is 11.4. The number of rotatable bonds is 1. The molecule has 2 atom stereocenters. The van der Waals surface area contributed by atoms with E-state index in [-0.39, 0.29) is 6.04 Å². The lowest BCUT2D eigenvalue weighted by molar-refractivity contribution is 0.389. The lowest BCUT2D eigenvalue weighted by Gasteiger charge is -2.16. The first-order valence-corrected chi connectivity index (χ1v) is 5.82. The molecular weight excluding hydrogens is 174 g/mol. The van der Waals surface area contributed by atoms with Gasteiger partial charge in [0.05, 0.1) is 6.04 Å². The molecule has 0 saturated carbocycles. The third-order valence-electron chi connectivity index (χ3n) is 3.11. The van der Waals surface area contributed by atoms with E-state index in [4.69, 9.17) is 0 Å². The lowest BCUT2D eigenvalue weighted by Crippen LogP contribution is -2.15. The molecule has 0 aromatic carbocycles. The molecule has 0 radical (unpaired) electrons. The van der Waals surface area contributed by atoms with Gasteiger partial charge in [-0.15, -0.1) is 0 Å². The largest absolute Gasteiger partial charge is 0.151 e. The highest BCUT2D eigenvalue weighted by molar-refractivity contribution is 4.83. The highest BCUT2D eigenvalue weighted by atomic mass is 16.3. The van der Waals surface area contributed by atoms with Gasteiger partial charge in [0.2, 0.25) is 0 Å². The fourth-order valence-corrected chi connectivity index (χ4v) is 2.04. The van der Waals surface area contributed by atoms with Gasteiger partial charge in [-0.2, -0.15) is 4.91 Å². The van der Waals surface area contributed by atoms with Crippen molar-refractivity contribution in [2.75, 3.05) is 0 Å². The van der Waals surface area contributed by atoms with E-state index >= 15 is 0 Å². The SMILES string of the molecule is CC1CCC/C=C\CCCCC1N=O. The molecule has 0 fully saturated rings. The second-order valence-corrected chi connectivity index (χ2v) is 4.34. The molecule has 80 valence electrons. The lowest BCUT2D eigenvalue weighted by atomic mass is 9.93. The smallest absolute Gasteiger partial charge is 0.0945 e. The molecule has 0 spiro atoms. The van der Waals surface area contributed by atoms with E-state index in [1.54, 1.807) is 0 Å². The van der Waals surface area contributed by atoms with Gasteiger partial charge in [0.25, 0.3) is 0 Å². The predicted molar refractivity (Wildman–Crippen MR) is 60.2 cm³/mol. The number of nitrogens with zero attached hydrogens (tertiary/aromatic N) is 1. The Morgan fingerprint density at radius 2 is 1.79 bits per heavy atom. The summed E-state index contributed by atoms with van der Waals surface area (Å²) in [5.41, 5.74) is 0. The molecule has 0 aromatic rings. The Morgan fingerprint density at radius 1 is 1.07 bits per heavy atom. The maximum absolute atomic E-state index is 10.7. The normalized spacial score (nSPS) is 32.9. The van der Waals surface area contributed by atoms with Gasteiger partial charge in [-0.25, -0.2) is 0 Å². The maximum atomic E-state index is 10.7. The first-order chi connectivity index (χ1) is 6.84. The predicted octanol–water partition coefficient (Wildman–Crippen LogP) is 4.06. The van der Waals surface area contributed by atoms with Crippen molar-refractivity contribution in [2.45, 2.75) is 57.9 Å². The molecule has 0 saturated heterocycles. The van der Waals surface area contributed by atoms with Gasteiger partial charge in [-0.1, -0.05) is 30.7 Å². The highest BCUT2D eigenvalue weighted by Gasteiger charge is 2.17. The van der Waals surface area contributed by atoms with Crippen LogP contribution >= 0.6 is 0 Å². The zero-order valence-corrected chi connectivity index (χ0v) is 9.11. The fourth-order valence-electron chi connectivity index (χ4n) is 2.04. The zero-order valence-electron chi connectivity index (χ0n) is 9.11. The van der Waals surface area contributed by atoms with Crippen LogP contribution in [0.4, 0.5) is 0 Å². The van der Waals surface area contributed by atoms with Crippen LogP contribution in [0.3, 0.4) is 0 Å². The van der Waals surface area contributed by atoms with E-state index in [0.29, 0.717) is 5.92 Å². The molecule has 0 heterocycles. The summed E-state index contributed by atoms with van der Waals surface area (Å²) in [4.78, 5) is 10.7. The third-order valence-corrected chi connectivity index (χ3v) is 3.11. The summed E-state index contributed by atoms with van der Waals surface area (Å²) in [6.07, 6.45) is 12.6. The van der Waals surface area contributed by atoms with Crippen LogP contribution in [0.25, 0.3) is 0 Å². The average molecular weight is 195 g/mol. The van der Waals surface area contributed by atoms with Crippen molar-refractivity contribution in [1.29, 1.82) is 0 Å². The molecule has 14 heavy (non-hydrogen) atoms. The van der Waals surface area contributed by atoms with Gasteiger partial charge >= 0.3 is 0 Å². The van der Waals surface area contributed by atoms with E-state index in [2.05, 4.69) is 24.3 Å². The Balaban J connectivity index is 2.43. The Hall–Kier alpha value is -0.660. The zero-order chi connectivity index (χ0) is 10.2. The topological polar surface area (TPSA) is 29.4 Å². The Morgan fingerprint density at radius 3 is 2.50 bits per heavy atom. The molecule has 1 rings (SSSR count). The molecular formula is C12H21NO. The summed E-state index contributed by atoms with van der Waals surface area (Å²) in [5.74, 6) is 0.471. The van der Waals surface area contributed by atoms with E-state index in [9.17, 15) is 4.91 Å². The monoisotopic (exact) mass is 195 g/mol. The molecule has 2 heteroatoms. The number of hydrogen-bond donors (Lipinski definition) is 0. The van der Waals surface area contributed by atoms with Crippen molar-refractivity contribution in [1.82, 2.24) is 0 Å². The van der Waals surface area contributed by atoms with E-state index < -0.39 is 0 Å². The third kappa shape index (κ3) is 4.03. The molecule has 0 aliphatic heterocycles. The summed E-state index contributed by atoms with van der Waals surface area (Å²) < 4.78 is 0. The quantitative estimate of drug-likeness (QED) is 0.458. The molecule has 1 aliphatic rings. The molecule has 2 unspecified atom stereocenters. The van der Waals surface area contributed by atoms with Crippen LogP contribution in [-0.4, -0.2) is 6.04 Å². The minimum Gasteiger partial charge on any atom is -0.151 e. The van der Waals surface area contributed by atoms with Gasteiger partial charge < -0.3 is 0 Å². The van der Waals surface area contributed by atoms with Crippen molar-refractivity contribution in [3.8, 4) is 0 Å². The van der Waals surface area contributed by atoms with Gasteiger partial charge in [0.15, 0.2) is 0 Å². The molecule has 2 nitrogen and oxygen atoms in total. The van der Waals surface area contributed by atoms with Gasteiger partial charge in [0, 0.05) is 0 Å². The van der Waals surface area contributed by atoms with Crippen molar-refractivity contribution in [2.24, 2.45) is 11.1 Å². The van der Waals surface area contributed by atoms with Crippen LogP contribution in [-0.2, 0) is 0 Å². The van der Waals surface area contributed by atoms with Crippen LogP contribution in [0, 0.1) is 10.8 Å². The maximum Gasteiger partial charge on any atom is 0.0945 e. The van der Waals surface area contributed by atoms with Gasteiger partial charge in [-0.05, 0) is 44.4 Å². The standard InChI is InChI=1S/C12H21NO/c1-11-9-7-5-3-2-4-6-8-10-12(11)13-14/h2-3,11-12H,4-10H2,1H3/b3-2-. The van der Waals surface area contributed by atoms with E-state index in [0.717, 1.165) is 25.7 Å². The summed E-state index contributed by atoms with van der Waals surface area (Å²) >= 11 is 0. The summed E-state index contributed by atoms with van der Waals surface area (Å²) in [7, 11) is 0. The minimum absolute atomic E-state index is 0.0631. The first-order valence-electron chi connectivity index (χ1n) is 5.82. The van der Waals surface area contributed by atoms with Crippen molar-refractivity contribution in [3.63, 3.8) is 0 Å². The van der Waals surface area contributed by atoms with Crippen LogP contribution in [0.5, 0.6) is 0 Å². The van der Waals surface area contributed by atoms with E-state index in [1.807, 2.05) is 0 Å². The van der Waals surface area contributed by atoms with E-state index in [1.165, 1.54) is 19.3 Å². The molecule has 0 amide bonds. The minimum atomic E-state index is 0.0631. The molecule has 0 bridgehead atoms. The number of nitroso groups, excluding NO2 is 1. The second-order valence-electron chi connectivity index (χ2n) is 4.34. The van der Waals surface area contributed by atoms with Crippen LogP contribution < -0.4 is 0 Å². The van der Waals surface area contributed by atoms with Crippen LogP contribution in [0.2, 0.25) is 0 Å². The van der Waals surface area contributed by atoms with Crippen LogP contribution in [0.1, 0.15) is 51.9 Å². The Bertz CT molecular complexity index is 189. The second kappa shape index (κ2) is 6.74. The Labute approximate surface area is 86.8 Å². The Kier molecular flexibility index (Phi) is 5.50. The van der Waals surface area contributed by atoms with Gasteiger partial charge in [-0.3, -0.25) is 0 Å². The summed E-state index contributed by atoms with van der Waals surface area (Å²) in [6.45, 7) is 2.16. The number of allylic oxidation sites excluding steroid dienone is 2. The summed E-state index contributed by atoms with van der Waals surface area (Å²) in [5, 5.41) is 3.26. The molecule has 0 aromatic heterocycles. The van der Waals surface area contributed by atoms with Crippen molar-refractivity contribution in [3.05, 3.63) is 17.1 Å². The van der Waals surface area contributed by atoms with Crippen molar-refractivity contribution >= 4 is 0 Å². The summed E-state index contributed by atoms with van der Waals surface area (Å²) in [6, 6.07) is 0.0631. The average Bonchev–Trinajstić information content (AvgIpc) is 2.24. The highest BCUT2D eigenvalue weighted by Crippen LogP contribution is 2.21. The van der Waals surface area contributed by atoms with Crippen molar-refractivity contribution < 1.29 is 0 Å².